The van der Waals surface area contributed by atoms with Crippen molar-refractivity contribution in [2.24, 2.45) is 0 Å². The summed E-state index contributed by atoms with van der Waals surface area (Å²) in [5, 5.41) is 0. The Morgan fingerprint density at radius 2 is 1.95 bits per heavy atom. The van der Waals surface area contributed by atoms with Crippen molar-refractivity contribution < 1.29 is 9.53 Å². The number of carbonyl (C=O) groups excluding carboxylic acids is 1. The van der Waals surface area contributed by atoms with Crippen molar-refractivity contribution in [1.82, 2.24) is 9.88 Å². The van der Waals surface area contributed by atoms with Crippen LogP contribution in [-0.2, 0) is 4.74 Å². The summed E-state index contributed by atoms with van der Waals surface area (Å²) in [7, 11) is 0. The normalized spacial score (nSPS) is 16.2. The van der Waals surface area contributed by atoms with E-state index in [0.29, 0.717) is 13.1 Å². The Balaban J connectivity index is 1.93. The second kappa shape index (κ2) is 5.99. The van der Waals surface area contributed by atoms with Crippen LogP contribution in [-0.4, -0.2) is 47.8 Å². The number of amides is 1. The van der Waals surface area contributed by atoms with Gasteiger partial charge in [0.1, 0.15) is 10.2 Å². The molecule has 0 bridgehead atoms. The van der Waals surface area contributed by atoms with E-state index in [1.165, 1.54) is 0 Å². The van der Waals surface area contributed by atoms with Gasteiger partial charge in [-0.3, -0.25) is 0 Å². The molecule has 0 unspecified atom stereocenters. The first-order chi connectivity index (χ1) is 9.37. The highest BCUT2D eigenvalue weighted by molar-refractivity contribution is 9.10. The number of nitrogens with zero attached hydrogens (tertiary/aromatic N) is 3. The van der Waals surface area contributed by atoms with Crippen LogP contribution in [0.4, 0.5) is 10.5 Å². The van der Waals surface area contributed by atoms with E-state index in [2.05, 4.69) is 25.8 Å². The first-order valence-corrected chi connectivity index (χ1v) is 7.49. The average molecular weight is 342 g/mol. The van der Waals surface area contributed by atoms with E-state index in [1.807, 2.05) is 32.9 Å². The van der Waals surface area contributed by atoms with Crippen molar-refractivity contribution in [3.05, 3.63) is 22.9 Å². The minimum atomic E-state index is -0.444. The molecule has 0 spiro atoms. The Morgan fingerprint density at radius 3 is 2.50 bits per heavy atom. The fraction of sp³-hybridized carbons (Fsp3) is 0.571. The molecule has 6 heteroatoms. The summed E-state index contributed by atoms with van der Waals surface area (Å²) in [6.07, 6.45) is 1.52. The van der Waals surface area contributed by atoms with Crippen molar-refractivity contribution in [2.75, 3.05) is 31.1 Å². The quantitative estimate of drug-likeness (QED) is 0.737. The van der Waals surface area contributed by atoms with Crippen molar-refractivity contribution in [1.29, 1.82) is 0 Å². The third-order valence-electron chi connectivity index (χ3n) is 3.01. The fourth-order valence-corrected chi connectivity index (χ4v) is 2.57. The number of carbonyl (C=O) groups is 1. The van der Waals surface area contributed by atoms with E-state index in [0.717, 1.165) is 23.4 Å². The molecular formula is C14H20BrN3O2. The average Bonchev–Trinajstić information content (AvgIpc) is 2.37. The molecule has 110 valence electrons. The van der Waals surface area contributed by atoms with Crippen LogP contribution >= 0.6 is 15.9 Å². The predicted molar refractivity (Wildman–Crippen MR) is 82.0 cm³/mol. The summed E-state index contributed by atoms with van der Waals surface area (Å²) in [5.74, 6) is 0. The molecule has 0 saturated carbocycles. The van der Waals surface area contributed by atoms with Gasteiger partial charge in [0.15, 0.2) is 0 Å². The Kier molecular flexibility index (Phi) is 4.52. The number of halogens is 1. The third-order valence-corrected chi connectivity index (χ3v) is 3.62. The van der Waals surface area contributed by atoms with Crippen LogP contribution in [0.2, 0.25) is 0 Å². The van der Waals surface area contributed by atoms with Crippen LogP contribution in [0.3, 0.4) is 0 Å². The monoisotopic (exact) mass is 341 g/mol. The highest BCUT2D eigenvalue weighted by Gasteiger charge is 2.26. The summed E-state index contributed by atoms with van der Waals surface area (Å²) < 4.78 is 6.23. The molecule has 1 aromatic rings. The van der Waals surface area contributed by atoms with Crippen LogP contribution in [0.1, 0.15) is 20.8 Å². The van der Waals surface area contributed by atoms with Gasteiger partial charge in [-0.1, -0.05) is 0 Å². The van der Waals surface area contributed by atoms with Crippen molar-refractivity contribution in [3.8, 4) is 0 Å². The molecule has 5 nitrogen and oxygen atoms in total. The fourth-order valence-electron chi connectivity index (χ4n) is 2.07. The van der Waals surface area contributed by atoms with Gasteiger partial charge in [-0.15, -0.1) is 0 Å². The zero-order valence-corrected chi connectivity index (χ0v) is 13.7. The lowest BCUT2D eigenvalue weighted by Gasteiger charge is -2.36. The lowest BCUT2D eigenvalue weighted by Crippen LogP contribution is -2.50. The lowest BCUT2D eigenvalue weighted by molar-refractivity contribution is 0.0240. The van der Waals surface area contributed by atoms with Crippen LogP contribution < -0.4 is 4.90 Å². The second-order valence-corrected chi connectivity index (χ2v) is 6.52. The van der Waals surface area contributed by atoms with Gasteiger partial charge in [-0.2, -0.15) is 0 Å². The Labute approximate surface area is 128 Å². The van der Waals surface area contributed by atoms with Gasteiger partial charge < -0.3 is 14.5 Å². The molecule has 20 heavy (non-hydrogen) atoms. The minimum Gasteiger partial charge on any atom is -0.444 e. The molecule has 1 amide bonds. The Hall–Kier alpha value is -1.30. The Morgan fingerprint density at radius 1 is 1.30 bits per heavy atom. The number of anilines is 1. The van der Waals surface area contributed by atoms with Gasteiger partial charge in [0.2, 0.25) is 0 Å². The molecule has 2 heterocycles. The maximum absolute atomic E-state index is 12.0. The van der Waals surface area contributed by atoms with E-state index in [-0.39, 0.29) is 6.09 Å². The number of pyridine rings is 1. The van der Waals surface area contributed by atoms with Gasteiger partial charge in [0.25, 0.3) is 0 Å². The zero-order valence-electron chi connectivity index (χ0n) is 12.1. The van der Waals surface area contributed by atoms with E-state index >= 15 is 0 Å². The second-order valence-electron chi connectivity index (χ2n) is 5.77. The van der Waals surface area contributed by atoms with Gasteiger partial charge in [0, 0.05) is 32.4 Å². The largest absolute Gasteiger partial charge is 0.444 e. The highest BCUT2D eigenvalue weighted by atomic mass is 79.9. The number of hydrogen-bond donors (Lipinski definition) is 0. The summed E-state index contributed by atoms with van der Waals surface area (Å²) >= 11 is 3.46. The topological polar surface area (TPSA) is 45.7 Å². The standard InChI is InChI=1S/C14H20BrN3O2/c1-14(2,3)20-13(19)18-9-7-17(8-10-18)11-5-4-6-16-12(11)15/h4-6H,7-10H2,1-3H3. The smallest absolute Gasteiger partial charge is 0.410 e. The molecular weight excluding hydrogens is 322 g/mol. The molecule has 1 aliphatic rings. The molecule has 0 radical (unpaired) electrons. The summed E-state index contributed by atoms with van der Waals surface area (Å²) in [6.45, 7) is 8.54. The van der Waals surface area contributed by atoms with Crippen LogP contribution in [0.25, 0.3) is 0 Å². The summed E-state index contributed by atoms with van der Waals surface area (Å²) in [4.78, 5) is 20.2. The molecule has 0 aliphatic carbocycles. The first-order valence-electron chi connectivity index (χ1n) is 6.70. The molecule has 0 N–H and O–H groups in total. The van der Waals surface area contributed by atoms with Crippen LogP contribution in [0.15, 0.2) is 22.9 Å². The van der Waals surface area contributed by atoms with E-state index in [1.54, 1.807) is 11.1 Å². The van der Waals surface area contributed by atoms with E-state index < -0.39 is 5.60 Å². The number of piperazine rings is 1. The summed E-state index contributed by atoms with van der Waals surface area (Å²) in [5.41, 5.74) is 0.622. The van der Waals surface area contributed by atoms with E-state index in [9.17, 15) is 4.79 Å². The first kappa shape index (κ1) is 15.1. The molecule has 1 saturated heterocycles. The minimum absolute atomic E-state index is 0.234. The number of ether oxygens (including phenoxy) is 1. The molecule has 1 aromatic heterocycles. The van der Waals surface area contributed by atoms with Crippen LogP contribution in [0.5, 0.6) is 0 Å². The number of hydrogen-bond acceptors (Lipinski definition) is 4. The third kappa shape index (κ3) is 3.85. The lowest BCUT2D eigenvalue weighted by atomic mass is 10.2. The van der Waals surface area contributed by atoms with Crippen LogP contribution in [0, 0.1) is 0 Å². The number of rotatable bonds is 1. The molecule has 0 atom stereocenters. The molecule has 2 rings (SSSR count). The molecule has 1 fully saturated rings. The number of aromatic nitrogens is 1. The van der Waals surface area contributed by atoms with Gasteiger partial charge >= 0.3 is 6.09 Å². The molecule has 1 aliphatic heterocycles. The SMILES string of the molecule is CC(C)(C)OC(=O)N1CCN(c2cccnc2Br)CC1. The van der Waals surface area contributed by atoms with Gasteiger partial charge in [0.05, 0.1) is 5.69 Å². The maximum Gasteiger partial charge on any atom is 0.410 e. The maximum atomic E-state index is 12.0. The van der Waals surface area contributed by atoms with Gasteiger partial charge in [-0.25, -0.2) is 9.78 Å². The summed E-state index contributed by atoms with van der Waals surface area (Å²) in [6, 6.07) is 3.94. The molecule has 0 aromatic carbocycles. The van der Waals surface area contributed by atoms with Crippen molar-refractivity contribution >= 4 is 27.7 Å². The van der Waals surface area contributed by atoms with Crippen molar-refractivity contribution in [2.45, 2.75) is 26.4 Å². The van der Waals surface area contributed by atoms with Gasteiger partial charge in [-0.05, 0) is 48.8 Å². The predicted octanol–water partition coefficient (Wildman–Crippen LogP) is 2.90. The Bertz CT molecular complexity index is 480. The van der Waals surface area contributed by atoms with E-state index in [4.69, 9.17) is 4.74 Å². The van der Waals surface area contributed by atoms with Crippen molar-refractivity contribution in [3.63, 3.8) is 0 Å². The zero-order chi connectivity index (χ0) is 14.8. The highest BCUT2D eigenvalue weighted by Crippen LogP contribution is 2.24.